The van der Waals surface area contributed by atoms with Gasteiger partial charge in [0.05, 0.1) is 5.69 Å². The quantitative estimate of drug-likeness (QED) is 0.516. The smallest absolute Gasteiger partial charge is 0.123 e. The summed E-state index contributed by atoms with van der Waals surface area (Å²) in [6, 6.07) is 13.7. The Bertz CT molecular complexity index is 1050. The minimum Gasteiger partial charge on any atom is -0.320 e. The lowest BCUT2D eigenvalue weighted by molar-refractivity contribution is 0.277. The molecule has 0 bridgehead atoms. The molecule has 5 rings (SSSR count). The fraction of sp³-hybridized carbons (Fsp3) is 0.346. The van der Waals surface area contributed by atoms with E-state index in [1.807, 2.05) is 30.6 Å². The van der Waals surface area contributed by atoms with Crippen molar-refractivity contribution in [3.8, 4) is 22.4 Å². The maximum atomic E-state index is 14.1. The Hall–Kier alpha value is -2.72. The van der Waals surface area contributed by atoms with Crippen LogP contribution in [0.4, 0.5) is 4.39 Å². The van der Waals surface area contributed by atoms with Crippen molar-refractivity contribution in [3.63, 3.8) is 0 Å². The molecule has 2 aliphatic rings. The Balaban J connectivity index is 1.58. The molecule has 0 spiro atoms. The zero-order chi connectivity index (χ0) is 20.5. The molecule has 30 heavy (non-hydrogen) atoms. The van der Waals surface area contributed by atoms with Gasteiger partial charge in [-0.2, -0.15) is 0 Å². The average molecular weight is 402 g/mol. The van der Waals surface area contributed by atoms with Crippen molar-refractivity contribution >= 4 is 5.70 Å². The van der Waals surface area contributed by atoms with Crippen LogP contribution in [0, 0.1) is 11.7 Å². The number of hydrogen-bond acceptors (Lipinski definition) is 2. The molecule has 4 heterocycles. The fourth-order valence-corrected chi connectivity index (χ4v) is 5.21. The van der Waals surface area contributed by atoms with E-state index in [9.17, 15) is 4.39 Å². The molecular weight excluding hydrogens is 373 g/mol. The van der Waals surface area contributed by atoms with Gasteiger partial charge in [-0.15, -0.1) is 0 Å². The molecule has 2 atom stereocenters. The molecule has 2 aromatic heterocycles. The van der Waals surface area contributed by atoms with Gasteiger partial charge in [0, 0.05) is 61.0 Å². The Morgan fingerprint density at radius 2 is 1.97 bits per heavy atom. The first-order valence-electron chi connectivity index (χ1n) is 11.1. The molecule has 1 aromatic carbocycles. The summed E-state index contributed by atoms with van der Waals surface area (Å²) in [5, 5.41) is 0. The zero-order valence-electron chi connectivity index (χ0n) is 17.5. The minimum absolute atomic E-state index is 0.206. The van der Waals surface area contributed by atoms with Crippen LogP contribution < -0.4 is 0 Å². The first-order chi connectivity index (χ1) is 14.7. The molecule has 1 saturated heterocycles. The Morgan fingerprint density at radius 3 is 2.77 bits per heavy atom. The van der Waals surface area contributed by atoms with E-state index >= 15 is 0 Å². The summed E-state index contributed by atoms with van der Waals surface area (Å²) < 4.78 is 16.4. The number of nitrogens with zero attached hydrogens (tertiary/aromatic N) is 3. The van der Waals surface area contributed by atoms with Crippen molar-refractivity contribution in [1.29, 1.82) is 0 Å². The molecule has 0 N–H and O–H groups in total. The topological polar surface area (TPSA) is 21.1 Å². The summed E-state index contributed by atoms with van der Waals surface area (Å²) in [5.74, 6) is 0.609. The standard InChI is InChI=1S/C26H28FN3/c1-2-4-19-15-24-17-23(9-13-29(24)18-19)30-14-10-25(20-7-11-28-12-8-20)26(30)21-5-3-6-22(27)16-21/h3,5-8,10-12,14,16-17,19,24H,2,4,9,13,15,18H2,1H3. The van der Waals surface area contributed by atoms with E-state index in [0.717, 1.165) is 41.3 Å². The van der Waals surface area contributed by atoms with Crippen molar-refractivity contribution in [3.05, 3.63) is 72.9 Å². The van der Waals surface area contributed by atoms with Crippen molar-refractivity contribution in [2.45, 2.75) is 38.6 Å². The summed E-state index contributed by atoms with van der Waals surface area (Å²) in [5.41, 5.74) is 5.51. The number of aromatic nitrogens is 2. The van der Waals surface area contributed by atoms with Crippen LogP contribution in [0.5, 0.6) is 0 Å². The SMILES string of the molecule is CCCC1CC2C=C(n3ccc(-c4ccncc4)c3-c3cccc(F)c3)CCN2C1. The van der Waals surface area contributed by atoms with Crippen LogP contribution in [0.25, 0.3) is 28.1 Å². The molecule has 0 radical (unpaired) electrons. The number of hydrogen-bond donors (Lipinski definition) is 0. The number of fused-ring (bicyclic) bond motifs is 1. The highest BCUT2D eigenvalue weighted by Crippen LogP contribution is 2.39. The van der Waals surface area contributed by atoms with E-state index in [-0.39, 0.29) is 5.82 Å². The molecule has 0 amide bonds. The Morgan fingerprint density at radius 1 is 1.10 bits per heavy atom. The minimum atomic E-state index is -0.206. The van der Waals surface area contributed by atoms with E-state index in [1.165, 1.54) is 37.6 Å². The molecule has 3 aromatic rings. The van der Waals surface area contributed by atoms with Gasteiger partial charge in [0.1, 0.15) is 5.82 Å². The summed E-state index contributed by atoms with van der Waals surface area (Å²) in [7, 11) is 0. The molecule has 1 fully saturated rings. The van der Waals surface area contributed by atoms with E-state index < -0.39 is 0 Å². The molecule has 2 aliphatic heterocycles. The Labute approximate surface area is 177 Å². The maximum absolute atomic E-state index is 14.1. The summed E-state index contributed by atoms with van der Waals surface area (Å²) >= 11 is 0. The van der Waals surface area contributed by atoms with E-state index in [0.29, 0.717) is 6.04 Å². The largest absolute Gasteiger partial charge is 0.320 e. The third-order valence-corrected chi connectivity index (χ3v) is 6.56. The molecule has 3 nitrogen and oxygen atoms in total. The normalized spacial score (nSPS) is 21.5. The van der Waals surface area contributed by atoms with Gasteiger partial charge in [0.15, 0.2) is 0 Å². The van der Waals surface area contributed by atoms with E-state index in [1.54, 1.807) is 12.1 Å². The van der Waals surface area contributed by atoms with Gasteiger partial charge in [-0.25, -0.2) is 4.39 Å². The highest BCUT2D eigenvalue weighted by molar-refractivity contribution is 5.84. The average Bonchev–Trinajstić information content (AvgIpc) is 3.38. The monoisotopic (exact) mass is 401 g/mol. The lowest BCUT2D eigenvalue weighted by Crippen LogP contribution is -2.33. The lowest BCUT2D eigenvalue weighted by Gasteiger charge is -2.29. The molecule has 154 valence electrons. The first-order valence-corrected chi connectivity index (χ1v) is 11.1. The van der Waals surface area contributed by atoms with Crippen LogP contribution in [0.15, 0.2) is 67.1 Å². The zero-order valence-corrected chi connectivity index (χ0v) is 17.5. The number of rotatable bonds is 5. The molecule has 2 unspecified atom stereocenters. The molecule has 0 aliphatic carbocycles. The highest BCUT2D eigenvalue weighted by Gasteiger charge is 2.33. The van der Waals surface area contributed by atoms with Crippen LogP contribution in [0.1, 0.15) is 32.6 Å². The van der Waals surface area contributed by atoms with Gasteiger partial charge >= 0.3 is 0 Å². The van der Waals surface area contributed by atoms with Crippen molar-refractivity contribution < 1.29 is 4.39 Å². The summed E-state index contributed by atoms with van der Waals surface area (Å²) in [6.45, 7) is 4.61. The van der Waals surface area contributed by atoms with Crippen LogP contribution in [0.3, 0.4) is 0 Å². The van der Waals surface area contributed by atoms with E-state index in [4.69, 9.17) is 0 Å². The number of halogens is 1. The second kappa shape index (κ2) is 8.19. The second-order valence-corrected chi connectivity index (χ2v) is 8.55. The predicted octanol–water partition coefficient (Wildman–Crippen LogP) is 6.09. The van der Waals surface area contributed by atoms with Gasteiger partial charge in [-0.1, -0.05) is 25.5 Å². The van der Waals surface area contributed by atoms with Crippen molar-refractivity contribution in [2.75, 3.05) is 13.1 Å². The third-order valence-electron chi connectivity index (χ3n) is 6.56. The van der Waals surface area contributed by atoms with Gasteiger partial charge in [0.2, 0.25) is 0 Å². The first kappa shape index (κ1) is 19.3. The van der Waals surface area contributed by atoms with Crippen LogP contribution in [-0.4, -0.2) is 33.6 Å². The number of benzene rings is 1. The molecule has 4 heteroatoms. The van der Waals surface area contributed by atoms with Gasteiger partial charge in [0.25, 0.3) is 0 Å². The van der Waals surface area contributed by atoms with Crippen LogP contribution in [0.2, 0.25) is 0 Å². The summed E-state index contributed by atoms with van der Waals surface area (Å²) in [4.78, 5) is 6.80. The summed E-state index contributed by atoms with van der Waals surface area (Å²) in [6.07, 6.45) is 13.1. The van der Waals surface area contributed by atoms with Gasteiger partial charge in [-0.3, -0.25) is 9.88 Å². The van der Waals surface area contributed by atoms with Crippen LogP contribution in [-0.2, 0) is 0 Å². The van der Waals surface area contributed by atoms with E-state index in [2.05, 4.69) is 39.7 Å². The maximum Gasteiger partial charge on any atom is 0.123 e. The van der Waals surface area contributed by atoms with Gasteiger partial charge in [-0.05, 0) is 60.7 Å². The highest BCUT2D eigenvalue weighted by atomic mass is 19.1. The Kier molecular flexibility index (Phi) is 5.26. The van der Waals surface area contributed by atoms with Crippen molar-refractivity contribution in [1.82, 2.24) is 14.5 Å². The fourth-order valence-electron chi connectivity index (χ4n) is 5.21. The predicted molar refractivity (Wildman–Crippen MR) is 120 cm³/mol. The molecule has 0 saturated carbocycles. The van der Waals surface area contributed by atoms with Gasteiger partial charge < -0.3 is 4.57 Å². The second-order valence-electron chi connectivity index (χ2n) is 8.55. The lowest BCUT2D eigenvalue weighted by atomic mass is 9.99. The van der Waals surface area contributed by atoms with Crippen LogP contribution >= 0.6 is 0 Å². The third kappa shape index (κ3) is 3.61. The molecular formula is C26H28FN3. The number of pyridine rings is 1. The van der Waals surface area contributed by atoms with Crippen molar-refractivity contribution in [2.24, 2.45) is 5.92 Å².